The third kappa shape index (κ3) is 5.45. The Labute approximate surface area is 192 Å². The molecule has 0 aromatic heterocycles. The van der Waals surface area contributed by atoms with Crippen molar-refractivity contribution in [2.24, 2.45) is 11.0 Å². The summed E-state index contributed by atoms with van der Waals surface area (Å²) in [6.07, 6.45) is 1.59. The zero-order chi connectivity index (χ0) is 23.1. The Bertz CT molecular complexity index is 1140. The molecule has 0 saturated carbocycles. The first-order valence-corrected chi connectivity index (χ1v) is 10.8. The van der Waals surface area contributed by atoms with Crippen LogP contribution in [0.15, 0.2) is 65.8 Å². The topological polar surface area (TPSA) is 79.8 Å². The number of hydrogen-bond donors (Lipinski definition) is 2. The molecule has 2 amide bonds. The van der Waals surface area contributed by atoms with Crippen LogP contribution in [-0.4, -0.2) is 30.7 Å². The van der Waals surface area contributed by atoms with Gasteiger partial charge < -0.3 is 10.1 Å². The van der Waals surface area contributed by atoms with Gasteiger partial charge in [0, 0.05) is 10.9 Å². The van der Waals surface area contributed by atoms with Crippen LogP contribution in [-0.2, 0) is 4.79 Å². The molecule has 0 bridgehead atoms. The number of benzene rings is 3. The maximum atomic E-state index is 12.7. The van der Waals surface area contributed by atoms with E-state index in [2.05, 4.69) is 15.8 Å². The van der Waals surface area contributed by atoms with Crippen molar-refractivity contribution in [3.05, 3.63) is 76.8 Å². The van der Waals surface area contributed by atoms with Gasteiger partial charge in [0.1, 0.15) is 11.8 Å². The van der Waals surface area contributed by atoms with Crippen LogP contribution >= 0.6 is 11.6 Å². The predicted octanol–water partition coefficient (Wildman–Crippen LogP) is 4.80. The Morgan fingerprint density at radius 1 is 1.03 bits per heavy atom. The van der Waals surface area contributed by atoms with Gasteiger partial charge in [0.15, 0.2) is 0 Å². The first-order chi connectivity index (χ1) is 15.4. The van der Waals surface area contributed by atoms with Gasteiger partial charge in [-0.2, -0.15) is 5.10 Å². The number of hydrogen-bond acceptors (Lipinski definition) is 4. The molecule has 2 N–H and O–H groups in total. The molecule has 0 aliphatic heterocycles. The summed E-state index contributed by atoms with van der Waals surface area (Å²) in [4.78, 5) is 25.3. The molecule has 0 aliphatic carbocycles. The van der Waals surface area contributed by atoms with Gasteiger partial charge in [-0.05, 0) is 42.5 Å². The van der Waals surface area contributed by atoms with Crippen molar-refractivity contribution in [3.8, 4) is 5.75 Å². The Hall–Kier alpha value is -3.38. The molecule has 0 radical (unpaired) electrons. The molecule has 3 aromatic rings. The zero-order valence-electron chi connectivity index (χ0n) is 18.3. The second-order valence-corrected chi connectivity index (χ2v) is 7.95. The third-order valence-electron chi connectivity index (χ3n) is 4.95. The number of nitrogens with zero attached hydrogens (tertiary/aromatic N) is 1. The lowest BCUT2D eigenvalue weighted by Gasteiger charge is -2.20. The summed E-state index contributed by atoms with van der Waals surface area (Å²) in [5.41, 5.74) is 3.70. The molecule has 0 saturated heterocycles. The van der Waals surface area contributed by atoms with E-state index in [1.807, 2.05) is 57.2 Å². The van der Waals surface area contributed by atoms with Gasteiger partial charge in [-0.15, -0.1) is 0 Å². The molecule has 0 heterocycles. The minimum Gasteiger partial charge on any atom is -0.493 e. The van der Waals surface area contributed by atoms with Gasteiger partial charge in [-0.1, -0.05) is 61.8 Å². The minimum absolute atomic E-state index is 0.150. The normalized spacial score (nSPS) is 12.2. The average Bonchev–Trinajstić information content (AvgIpc) is 2.78. The predicted molar refractivity (Wildman–Crippen MR) is 128 cm³/mol. The van der Waals surface area contributed by atoms with Crippen molar-refractivity contribution >= 4 is 40.4 Å². The summed E-state index contributed by atoms with van der Waals surface area (Å²) < 4.78 is 5.69. The van der Waals surface area contributed by atoms with E-state index >= 15 is 0 Å². The molecular weight excluding hydrogens is 426 g/mol. The van der Waals surface area contributed by atoms with Gasteiger partial charge in [0.2, 0.25) is 0 Å². The summed E-state index contributed by atoms with van der Waals surface area (Å²) in [5.74, 6) is -0.174. The van der Waals surface area contributed by atoms with E-state index in [9.17, 15) is 9.59 Å². The van der Waals surface area contributed by atoms with Crippen molar-refractivity contribution in [3.63, 3.8) is 0 Å². The van der Waals surface area contributed by atoms with Crippen LogP contribution in [0.2, 0.25) is 5.02 Å². The molecule has 0 aliphatic rings. The number of ether oxygens (including phenoxy) is 1. The van der Waals surface area contributed by atoms with Crippen LogP contribution in [0.3, 0.4) is 0 Å². The lowest BCUT2D eigenvalue weighted by molar-refractivity contribution is -0.123. The summed E-state index contributed by atoms with van der Waals surface area (Å²) in [6, 6.07) is 17.5. The molecule has 0 spiro atoms. The zero-order valence-corrected chi connectivity index (χ0v) is 19.0. The fraction of sp³-hybridized carbons (Fsp3) is 0.240. The number of fused-ring (bicyclic) bond motifs is 1. The molecule has 166 valence electrons. The van der Waals surface area contributed by atoms with E-state index in [4.69, 9.17) is 16.3 Å². The molecule has 32 heavy (non-hydrogen) atoms. The van der Waals surface area contributed by atoms with Crippen LogP contribution in [0.25, 0.3) is 10.8 Å². The highest BCUT2D eigenvalue weighted by molar-refractivity contribution is 6.33. The van der Waals surface area contributed by atoms with Crippen LogP contribution in [0.1, 0.15) is 36.7 Å². The quantitative estimate of drug-likeness (QED) is 0.381. The Kier molecular flexibility index (Phi) is 7.84. The molecular formula is C25H26ClN3O3. The summed E-state index contributed by atoms with van der Waals surface area (Å²) in [5, 5.41) is 9.13. The van der Waals surface area contributed by atoms with Crippen molar-refractivity contribution in [2.45, 2.75) is 26.8 Å². The SMILES string of the molecule is CCOc1ccc(C=NNC(=O)C(NC(=O)c2ccccc2Cl)C(C)C)c2ccccc12. The van der Waals surface area contributed by atoms with Crippen molar-refractivity contribution in [1.82, 2.24) is 10.7 Å². The van der Waals surface area contributed by atoms with Gasteiger partial charge in [-0.25, -0.2) is 5.43 Å². The van der Waals surface area contributed by atoms with E-state index in [1.165, 1.54) is 0 Å². The number of hydrazone groups is 1. The molecule has 6 nitrogen and oxygen atoms in total. The van der Waals surface area contributed by atoms with E-state index in [1.54, 1.807) is 30.5 Å². The molecule has 3 rings (SSSR count). The number of rotatable bonds is 8. The molecule has 1 atom stereocenters. The third-order valence-corrected chi connectivity index (χ3v) is 5.28. The number of carbonyl (C=O) groups excluding carboxylic acids is 2. The van der Waals surface area contributed by atoms with Crippen LogP contribution in [0, 0.1) is 5.92 Å². The van der Waals surface area contributed by atoms with Gasteiger partial charge in [0.05, 0.1) is 23.4 Å². The standard InChI is InChI=1S/C25H26ClN3O3/c1-4-32-22-14-13-17(18-9-5-6-10-19(18)22)15-27-29-25(31)23(16(2)3)28-24(30)20-11-7-8-12-21(20)26/h5-16,23H,4H2,1-3H3,(H,28,30)(H,29,31). The molecule has 0 fully saturated rings. The number of carbonyl (C=O) groups is 2. The smallest absolute Gasteiger partial charge is 0.262 e. The number of amides is 2. The summed E-state index contributed by atoms with van der Waals surface area (Å²) in [6.45, 7) is 6.21. The van der Waals surface area contributed by atoms with Crippen molar-refractivity contribution < 1.29 is 14.3 Å². The van der Waals surface area contributed by atoms with Crippen LogP contribution in [0.4, 0.5) is 0 Å². The van der Waals surface area contributed by atoms with E-state index in [-0.39, 0.29) is 5.92 Å². The van der Waals surface area contributed by atoms with Crippen LogP contribution < -0.4 is 15.5 Å². The average molecular weight is 452 g/mol. The van der Waals surface area contributed by atoms with Gasteiger partial charge >= 0.3 is 0 Å². The largest absolute Gasteiger partial charge is 0.493 e. The lowest BCUT2D eigenvalue weighted by Crippen LogP contribution is -2.48. The Balaban J connectivity index is 1.74. The number of halogens is 1. The minimum atomic E-state index is -0.770. The second kappa shape index (κ2) is 10.8. The molecule has 1 unspecified atom stereocenters. The first kappa shape index (κ1) is 23.3. The van der Waals surface area contributed by atoms with Crippen LogP contribution in [0.5, 0.6) is 5.75 Å². The van der Waals surface area contributed by atoms with E-state index in [0.717, 1.165) is 22.1 Å². The first-order valence-electron chi connectivity index (χ1n) is 10.4. The van der Waals surface area contributed by atoms with E-state index < -0.39 is 17.9 Å². The fourth-order valence-electron chi connectivity index (χ4n) is 3.32. The van der Waals surface area contributed by atoms with Crippen molar-refractivity contribution in [1.29, 1.82) is 0 Å². The van der Waals surface area contributed by atoms with E-state index in [0.29, 0.717) is 17.2 Å². The highest BCUT2D eigenvalue weighted by Crippen LogP contribution is 2.27. The number of nitrogens with one attached hydrogen (secondary N) is 2. The monoisotopic (exact) mass is 451 g/mol. The summed E-state index contributed by atoms with van der Waals surface area (Å²) >= 11 is 6.10. The Morgan fingerprint density at radius 3 is 2.41 bits per heavy atom. The fourth-order valence-corrected chi connectivity index (χ4v) is 3.54. The highest BCUT2D eigenvalue weighted by atomic mass is 35.5. The maximum Gasteiger partial charge on any atom is 0.262 e. The molecule has 7 heteroatoms. The molecule has 3 aromatic carbocycles. The second-order valence-electron chi connectivity index (χ2n) is 7.54. The van der Waals surface area contributed by atoms with Crippen molar-refractivity contribution in [2.75, 3.05) is 6.61 Å². The highest BCUT2D eigenvalue weighted by Gasteiger charge is 2.25. The maximum absolute atomic E-state index is 12.7. The lowest BCUT2D eigenvalue weighted by atomic mass is 10.0. The van der Waals surface area contributed by atoms with Gasteiger partial charge in [0.25, 0.3) is 11.8 Å². The summed E-state index contributed by atoms with van der Waals surface area (Å²) in [7, 11) is 0. The Morgan fingerprint density at radius 2 is 1.72 bits per heavy atom. The van der Waals surface area contributed by atoms with Gasteiger partial charge in [-0.3, -0.25) is 9.59 Å².